The van der Waals surface area contributed by atoms with Gasteiger partial charge in [0.25, 0.3) is 0 Å². The van der Waals surface area contributed by atoms with E-state index in [1.54, 1.807) is 12.0 Å². The molecule has 0 heterocycles. The van der Waals surface area contributed by atoms with Crippen LogP contribution in [0.2, 0.25) is 0 Å². The van der Waals surface area contributed by atoms with Crippen molar-refractivity contribution in [2.24, 2.45) is 17.6 Å². The molecule has 1 rings (SSSR count). The molecule has 2 N–H and O–H groups in total. The highest BCUT2D eigenvalue weighted by Crippen LogP contribution is 2.16. The number of amides is 1. The smallest absolute Gasteiger partial charge is 0.239 e. The zero-order chi connectivity index (χ0) is 16.7. The summed E-state index contributed by atoms with van der Waals surface area (Å²) in [5.74, 6) is 1.50. The average Bonchev–Trinajstić information content (AvgIpc) is 2.53. The molecule has 132 valence electrons. The Balaban J connectivity index is 0.00000484. The molecule has 23 heavy (non-hydrogen) atoms. The van der Waals surface area contributed by atoms with Crippen LogP contribution < -0.4 is 10.5 Å². The molecule has 0 spiro atoms. The molecule has 0 aliphatic carbocycles. The first-order valence-corrected chi connectivity index (χ1v) is 8.02. The van der Waals surface area contributed by atoms with Gasteiger partial charge in [-0.25, -0.2) is 0 Å². The normalized spacial score (nSPS) is 14.3. The number of carbonyl (C=O) groups is 1. The van der Waals surface area contributed by atoms with E-state index in [0.29, 0.717) is 5.92 Å². The highest BCUT2D eigenvalue weighted by atomic mass is 35.5. The number of ether oxygens (including phenoxy) is 1. The molecule has 4 nitrogen and oxygen atoms in total. The van der Waals surface area contributed by atoms with Gasteiger partial charge in [0.2, 0.25) is 5.91 Å². The summed E-state index contributed by atoms with van der Waals surface area (Å²) in [4.78, 5) is 14.1. The molecule has 0 aromatic heterocycles. The Morgan fingerprint density at radius 1 is 1.26 bits per heavy atom. The van der Waals surface area contributed by atoms with Crippen LogP contribution in [0, 0.1) is 11.8 Å². The van der Waals surface area contributed by atoms with Crippen molar-refractivity contribution in [1.82, 2.24) is 4.90 Å². The lowest BCUT2D eigenvalue weighted by atomic mass is 9.97. The van der Waals surface area contributed by atoms with E-state index in [1.165, 1.54) is 5.56 Å². The van der Waals surface area contributed by atoms with Crippen molar-refractivity contribution >= 4 is 18.3 Å². The maximum Gasteiger partial charge on any atom is 0.239 e. The zero-order valence-corrected chi connectivity index (χ0v) is 15.7. The number of halogens is 1. The average molecular weight is 343 g/mol. The third-order valence-corrected chi connectivity index (χ3v) is 4.25. The van der Waals surface area contributed by atoms with Gasteiger partial charge in [0.1, 0.15) is 5.75 Å². The van der Waals surface area contributed by atoms with Gasteiger partial charge in [-0.2, -0.15) is 0 Å². The van der Waals surface area contributed by atoms with Crippen molar-refractivity contribution in [2.75, 3.05) is 20.7 Å². The summed E-state index contributed by atoms with van der Waals surface area (Å²) in [5.41, 5.74) is 7.28. The Kier molecular flexibility index (Phi) is 9.93. The van der Waals surface area contributed by atoms with E-state index in [2.05, 4.69) is 26.0 Å². The molecule has 0 bridgehead atoms. The van der Waals surface area contributed by atoms with Gasteiger partial charge in [0.15, 0.2) is 0 Å². The van der Waals surface area contributed by atoms with E-state index < -0.39 is 6.04 Å². The number of nitrogens with zero attached hydrogens (tertiary/aromatic N) is 1. The number of rotatable bonds is 8. The van der Waals surface area contributed by atoms with Crippen molar-refractivity contribution in [1.29, 1.82) is 0 Å². The SMILES string of the molecule is CCC(C)C(N)C(=O)N(C)CC(C)Cc1ccc(OC)cc1.Cl. The second-order valence-corrected chi connectivity index (χ2v) is 6.29. The first-order chi connectivity index (χ1) is 10.4. The van der Waals surface area contributed by atoms with E-state index in [-0.39, 0.29) is 24.2 Å². The molecular weight excluding hydrogens is 312 g/mol. The third-order valence-electron chi connectivity index (χ3n) is 4.25. The number of hydrogen-bond donors (Lipinski definition) is 1. The minimum atomic E-state index is -0.400. The summed E-state index contributed by atoms with van der Waals surface area (Å²) in [7, 11) is 3.51. The standard InChI is InChI=1S/C18H30N2O2.ClH/c1-6-14(3)17(19)18(21)20(4)12-13(2)11-15-7-9-16(22-5)10-8-15;/h7-10,13-14,17H,6,11-12,19H2,1-5H3;1H. The van der Waals surface area contributed by atoms with Crippen LogP contribution in [0.15, 0.2) is 24.3 Å². The number of hydrogen-bond acceptors (Lipinski definition) is 3. The monoisotopic (exact) mass is 342 g/mol. The predicted molar refractivity (Wildman–Crippen MR) is 98.2 cm³/mol. The summed E-state index contributed by atoms with van der Waals surface area (Å²) in [6.45, 7) is 6.96. The van der Waals surface area contributed by atoms with Gasteiger partial charge < -0.3 is 15.4 Å². The van der Waals surface area contributed by atoms with Crippen LogP contribution in [0.25, 0.3) is 0 Å². The topological polar surface area (TPSA) is 55.6 Å². The van der Waals surface area contributed by atoms with Crippen molar-refractivity contribution in [3.05, 3.63) is 29.8 Å². The lowest BCUT2D eigenvalue weighted by Crippen LogP contribution is -2.46. The van der Waals surface area contributed by atoms with Crippen LogP contribution in [0.3, 0.4) is 0 Å². The van der Waals surface area contributed by atoms with E-state index >= 15 is 0 Å². The van der Waals surface area contributed by atoms with Gasteiger partial charge in [-0.3, -0.25) is 4.79 Å². The number of benzene rings is 1. The lowest BCUT2D eigenvalue weighted by molar-refractivity contribution is -0.132. The quantitative estimate of drug-likeness (QED) is 0.789. The van der Waals surface area contributed by atoms with Gasteiger partial charge in [-0.05, 0) is 36.0 Å². The fourth-order valence-electron chi connectivity index (χ4n) is 2.54. The van der Waals surface area contributed by atoms with E-state index in [1.807, 2.05) is 26.1 Å². The van der Waals surface area contributed by atoms with E-state index in [0.717, 1.165) is 25.1 Å². The Labute approximate surface area is 146 Å². The number of likely N-dealkylation sites (N-methyl/N-ethyl adjacent to an activating group) is 1. The minimum absolute atomic E-state index is 0. The Hall–Kier alpha value is -1.26. The summed E-state index contributed by atoms with van der Waals surface area (Å²) >= 11 is 0. The van der Waals surface area contributed by atoms with E-state index in [4.69, 9.17) is 10.5 Å². The van der Waals surface area contributed by atoms with Crippen LogP contribution in [-0.2, 0) is 11.2 Å². The molecule has 0 aliphatic heterocycles. The molecular formula is C18H31ClN2O2. The molecule has 0 saturated heterocycles. The maximum atomic E-state index is 12.3. The van der Waals surface area contributed by atoms with Gasteiger partial charge >= 0.3 is 0 Å². The fourth-order valence-corrected chi connectivity index (χ4v) is 2.54. The largest absolute Gasteiger partial charge is 0.497 e. The molecule has 0 radical (unpaired) electrons. The van der Waals surface area contributed by atoms with Crippen LogP contribution in [0.1, 0.15) is 32.8 Å². The summed E-state index contributed by atoms with van der Waals surface area (Å²) in [6, 6.07) is 7.68. The molecule has 3 atom stereocenters. The Morgan fingerprint density at radius 2 is 1.83 bits per heavy atom. The lowest BCUT2D eigenvalue weighted by Gasteiger charge is -2.27. The molecule has 1 aromatic rings. The first kappa shape index (κ1) is 21.7. The van der Waals surface area contributed by atoms with Crippen molar-refractivity contribution < 1.29 is 9.53 Å². The number of methoxy groups -OCH3 is 1. The second-order valence-electron chi connectivity index (χ2n) is 6.29. The Bertz CT molecular complexity index is 465. The molecule has 0 saturated carbocycles. The van der Waals surface area contributed by atoms with Gasteiger partial charge in [0, 0.05) is 13.6 Å². The van der Waals surface area contributed by atoms with Crippen molar-refractivity contribution in [2.45, 2.75) is 39.7 Å². The van der Waals surface area contributed by atoms with Crippen LogP contribution in [0.5, 0.6) is 5.75 Å². The molecule has 5 heteroatoms. The molecule has 0 aliphatic rings. The predicted octanol–water partition coefficient (Wildman–Crippen LogP) is 3.13. The third kappa shape index (κ3) is 6.80. The molecule has 3 unspecified atom stereocenters. The summed E-state index contributed by atoms with van der Waals surface area (Å²) < 4.78 is 5.16. The highest BCUT2D eigenvalue weighted by molar-refractivity contribution is 5.85. The highest BCUT2D eigenvalue weighted by Gasteiger charge is 2.23. The summed E-state index contributed by atoms with van der Waals surface area (Å²) in [5, 5.41) is 0. The fraction of sp³-hybridized carbons (Fsp3) is 0.611. The number of nitrogens with two attached hydrogens (primary N) is 1. The van der Waals surface area contributed by atoms with Crippen LogP contribution in [0.4, 0.5) is 0 Å². The summed E-state index contributed by atoms with van der Waals surface area (Å²) in [6.07, 6.45) is 1.85. The molecule has 1 aromatic carbocycles. The zero-order valence-electron chi connectivity index (χ0n) is 14.9. The first-order valence-electron chi connectivity index (χ1n) is 8.02. The van der Waals surface area contributed by atoms with Crippen LogP contribution >= 0.6 is 12.4 Å². The van der Waals surface area contributed by atoms with Gasteiger partial charge in [-0.15, -0.1) is 12.4 Å². The van der Waals surface area contributed by atoms with E-state index in [9.17, 15) is 4.79 Å². The molecule has 1 amide bonds. The maximum absolute atomic E-state index is 12.3. The van der Waals surface area contributed by atoms with Crippen LogP contribution in [-0.4, -0.2) is 37.6 Å². The Morgan fingerprint density at radius 3 is 2.30 bits per heavy atom. The van der Waals surface area contributed by atoms with Gasteiger partial charge in [0.05, 0.1) is 13.2 Å². The minimum Gasteiger partial charge on any atom is -0.497 e. The number of carbonyl (C=O) groups excluding carboxylic acids is 1. The van der Waals surface area contributed by atoms with Crippen molar-refractivity contribution in [3.63, 3.8) is 0 Å². The van der Waals surface area contributed by atoms with Gasteiger partial charge in [-0.1, -0.05) is 39.3 Å². The second kappa shape index (κ2) is 10.5. The molecule has 0 fully saturated rings. The van der Waals surface area contributed by atoms with Crippen molar-refractivity contribution in [3.8, 4) is 5.75 Å².